The Morgan fingerprint density at radius 3 is 2.81 bits per heavy atom. The molecule has 0 aliphatic rings. The summed E-state index contributed by atoms with van der Waals surface area (Å²) in [4.78, 5) is 8.55. The van der Waals surface area contributed by atoms with Crippen LogP contribution >= 0.6 is 33.9 Å². The molecule has 0 fully saturated rings. The van der Waals surface area contributed by atoms with Gasteiger partial charge < -0.3 is 0 Å². The number of aromatic nitrogens is 2. The van der Waals surface area contributed by atoms with Gasteiger partial charge in [-0.3, -0.25) is 10.4 Å². The number of benzene rings is 1. The molecule has 2 aromatic heterocycles. The van der Waals surface area contributed by atoms with Crippen LogP contribution in [0, 0.1) is 3.57 Å². The molecule has 0 unspecified atom stereocenters. The molecule has 3 aromatic rings. The van der Waals surface area contributed by atoms with Crippen LogP contribution in [0.15, 0.2) is 59.3 Å². The lowest BCUT2D eigenvalue weighted by Crippen LogP contribution is -1.90. The van der Waals surface area contributed by atoms with E-state index in [-0.39, 0.29) is 0 Å². The maximum atomic E-state index is 4.52. The molecule has 0 aliphatic heterocycles. The molecule has 0 spiro atoms. The Balaban J connectivity index is 1.68. The smallest absolute Gasteiger partial charge is 0.203 e. The number of halogens is 1. The Hall–Kier alpha value is -1.80. The quantitative estimate of drug-likeness (QED) is 0.400. The van der Waals surface area contributed by atoms with Gasteiger partial charge >= 0.3 is 0 Å². The maximum Gasteiger partial charge on any atom is 0.203 e. The number of hydrazone groups is 1. The van der Waals surface area contributed by atoms with Crippen molar-refractivity contribution in [1.29, 1.82) is 0 Å². The minimum absolute atomic E-state index is 0.767. The zero-order chi connectivity index (χ0) is 14.5. The largest absolute Gasteiger partial charge is 0.264 e. The summed E-state index contributed by atoms with van der Waals surface area (Å²) in [5.74, 6) is 0. The Bertz CT molecular complexity index is 738. The predicted molar refractivity (Wildman–Crippen MR) is 95.7 cm³/mol. The molecule has 4 nitrogen and oxygen atoms in total. The Morgan fingerprint density at radius 2 is 2.05 bits per heavy atom. The molecule has 2 heterocycles. The molecule has 0 saturated heterocycles. The van der Waals surface area contributed by atoms with Gasteiger partial charge in [-0.1, -0.05) is 18.2 Å². The summed E-state index contributed by atoms with van der Waals surface area (Å²) in [6.07, 6.45) is 5.21. The number of hydrogen-bond acceptors (Lipinski definition) is 5. The minimum atomic E-state index is 0.767. The molecule has 0 atom stereocenters. The van der Waals surface area contributed by atoms with Gasteiger partial charge in [-0.05, 0) is 40.8 Å². The first-order valence-electron chi connectivity index (χ1n) is 6.22. The number of nitrogens with zero attached hydrogens (tertiary/aromatic N) is 3. The van der Waals surface area contributed by atoms with E-state index < -0.39 is 0 Å². The second-order valence-electron chi connectivity index (χ2n) is 4.20. The van der Waals surface area contributed by atoms with Crippen molar-refractivity contribution in [3.63, 3.8) is 0 Å². The van der Waals surface area contributed by atoms with Gasteiger partial charge in [0.05, 0.1) is 11.9 Å². The highest BCUT2D eigenvalue weighted by Gasteiger charge is 2.03. The van der Waals surface area contributed by atoms with E-state index in [1.807, 2.05) is 17.5 Å². The van der Waals surface area contributed by atoms with Crippen LogP contribution in [0.4, 0.5) is 5.13 Å². The number of pyridine rings is 1. The summed E-state index contributed by atoms with van der Waals surface area (Å²) in [6.45, 7) is 0. The highest BCUT2D eigenvalue weighted by molar-refractivity contribution is 14.1. The second kappa shape index (κ2) is 6.77. The zero-order valence-electron chi connectivity index (χ0n) is 10.9. The van der Waals surface area contributed by atoms with Crippen molar-refractivity contribution in [3.8, 4) is 11.3 Å². The molecular formula is C15H11IN4S. The summed E-state index contributed by atoms with van der Waals surface area (Å²) in [6, 6.07) is 12.1. The molecule has 1 N–H and O–H groups in total. The molecule has 0 bridgehead atoms. The summed E-state index contributed by atoms with van der Waals surface area (Å²) < 4.78 is 1.21. The van der Waals surface area contributed by atoms with Crippen LogP contribution in [0.5, 0.6) is 0 Å². The van der Waals surface area contributed by atoms with Crippen LogP contribution in [0.1, 0.15) is 5.56 Å². The van der Waals surface area contributed by atoms with E-state index in [4.69, 9.17) is 0 Å². The van der Waals surface area contributed by atoms with Crippen molar-refractivity contribution >= 4 is 45.3 Å². The lowest BCUT2D eigenvalue weighted by molar-refractivity contribution is 1.28. The summed E-state index contributed by atoms with van der Waals surface area (Å²) >= 11 is 3.82. The fraction of sp³-hybridized carbons (Fsp3) is 0. The minimum Gasteiger partial charge on any atom is -0.264 e. The Kier molecular flexibility index (Phi) is 4.56. The molecule has 0 radical (unpaired) electrons. The first-order chi connectivity index (χ1) is 10.3. The van der Waals surface area contributed by atoms with Gasteiger partial charge in [0.25, 0.3) is 0 Å². The molecular weight excluding hydrogens is 395 g/mol. The number of rotatable bonds is 4. The fourth-order valence-electron chi connectivity index (χ4n) is 1.69. The van der Waals surface area contributed by atoms with Crippen LogP contribution in [0.25, 0.3) is 11.3 Å². The molecule has 0 saturated carbocycles. The highest BCUT2D eigenvalue weighted by atomic mass is 127. The van der Waals surface area contributed by atoms with Gasteiger partial charge in [-0.2, -0.15) is 5.10 Å². The van der Waals surface area contributed by atoms with E-state index in [0.717, 1.165) is 22.0 Å². The molecule has 0 amide bonds. The third-order valence-corrected chi connectivity index (χ3v) is 4.17. The van der Waals surface area contributed by atoms with E-state index in [1.165, 1.54) is 14.9 Å². The van der Waals surface area contributed by atoms with Crippen molar-refractivity contribution in [1.82, 2.24) is 9.97 Å². The molecule has 0 aliphatic carbocycles. The Morgan fingerprint density at radius 1 is 1.19 bits per heavy atom. The van der Waals surface area contributed by atoms with Crippen molar-refractivity contribution in [3.05, 3.63) is 63.3 Å². The number of hydrogen-bond donors (Lipinski definition) is 1. The topological polar surface area (TPSA) is 50.2 Å². The summed E-state index contributed by atoms with van der Waals surface area (Å²) in [7, 11) is 0. The zero-order valence-corrected chi connectivity index (χ0v) is 13.9. The number of nitrogens with one attached hydrogen (secondary N) is 1. The lowest BCUT2D eigenvalue weighted by Gasteiger charge is -1.96. The van der Waals surface area contributed by atoms with Gasteiger partial charge in [-0.25, -0.2) is 4.98 Å². The van der Waals surface area contributed by atoms with E-state index in [9.17, 15) is 0 Å². The van der Waals surface area contributed by atoms with Gasteiger partial charge in [0.1, 0.15) is 0 Å². The third-order valence-electron chi connectivity index (χ3n) is 2.70. The summed E-state index contributed by atoms with van der Waals surface area (Å²) in [5, 5.41) is 6.95. The van der Waals surface area contributed by atoms with Crippen molar-refractivity contribution in [2.24, 2.45) is 5.10 Å². The number of thiazole rings is 1. The van der Waals surface area contributed by atoms with Gasteiger partial charge in [0, 0.05) is 32.5 Å². The van der Waals surface area contributed by atoms with Crippen LogP contribution in [0.3, 0.4) is 0 Å². The van der Waals surface area contributed by atoms with Gasteiger partial charge in [0.15, 0.2) is 0 Å². The van der Waals surface area contributed by atoms with Gasteiger partial charge in [-0.15, -0.1) is 11.3 Å². The average molecular weight is 406 g/mol. The molecule has 1 aromatic carbocycles. The standard InChI is InChI=1S/C15H11IN4S/c16-13-5-3-12(4-6-13)14-10-21-15(19-14)20-18-9-11-2-1-7-17-8-11/h1-10H,(H,19,20)/b18-9+. The van der Waals surface area contributed by atoms with Crippen LogP contribution in [0.2, 0.25) is 0 Å². The van der Waals surface area contributed by atoms with Crippen LogP contribution in [-0.2, 0) is 0 Å². The first kappa shape index (κ1) is 14.2. The molecule has 104 valence electrons. The SMILES string of the molecule is Ic1ccc(-c2csc(N/N=C/c3cccnc3)n2)cc1. The summed E-state index contributed by atoms with van der Waals surface area (Å²) in [5.41, 5.74) is 5.95. The monoisotopic (exact) mass is 406 g/mol. The van der Waals surface area contributed by atoms with E-state index in [0.29, 0.717) is 0 Å². The highest BCUT2D eigenvalue weighted by Crippen LogP contribution is 2.25. The first-order valence-corrected chi connectivity index (χ1v) is 8.18. The fourth-order valence-corrected chi connectivity index (χ4v) is 2.72. The Labute approximate surface area is 140 Å². The van der Waals surface area contributed by atoms with E-state index >= 15 is 0 Å². The second-order valence-corrected chi connectivity index (χ2v) is 6.30. The molecule has 3 rings (SSSR count). The van der Waals surface area contributed by atoms with E-state index in [2.05, 4.69) is 67.4 Å². The maximum absolute atomic E-state index is 4.52. The predicted octanol–water partition coefficient (Wildman–Crippen LogP) is 4.26. The molecule has 6 heteroatoms. The van der Waals surface area contributed by atoms with Crippen molar-refractivity contribution in [2.45, 2.75) is 0 Å². The van der Waals surface area contributed by atoms with Crippen LogP contribution in [-0.4, -0.2) is 16.2 Å². The van der Waals surface area contributed by atoms with Gasteiger partial charge in [0.2, 0.25) is 5.13 Å². The lowest BCUT2D eigenvalue weighted by atomic mass is 10.2. The molecule has 21 heavy (non-hydrogen) atoms. The van der Waals surface area contributed by atoms with Crippen molar-refractivity contribution in [2.75, 3.05) is 5.43 Å². The third kappa shape index (κ3) is 3.85. The van der Waals surface area contributed by atoms with E-state index in [1.54, 1.807) is 18.6 Å². The average Bonchev–Trinajstić information content (AvgIpc) is 2.98. The van der Waals surface area contributed by atoms with Crippen molar-refractivity contribution < 1.29 is 0 Å². The number of anilines is 1. The normalized spacial score (nSPS) is 10.9. The van der Waals surface area contributed by atoms with Crippen LogP contribution < -0.4 is 5.43 Å².